The van der Waals surface area contributed by atoms with Crippen molar-refractivity contribution < 1.29 is 14.3 Å². The normalized spacial score (nSPS) is 27.6. The van der Waals surface area contributed by atoms with Gasteiger partial charge in [0.05, 0.1) is 25.7 Å². The average Bonchev–Trinajstić information content (AvgIpc) is 3.05. The van der Waals surface area contributed by atoms with Gasteiger partial charge in [0.1, 0.15) is 5.75 Å². The monoisotopic (exact) mass is 304 g/mol. The molecular weight excluding hydrogens is 280 g/mol. The van der Waals surface area contributed by atoms with Gasteiger partial charge in [0, 0.05) is 38.2 Å². The number of ether oxygens (including phenoxy) is 2. The van der Waals surface area contributed by atoms with Gasteiger partial charge in [0.15, 0.2) is 0 Å². The fraction of sp³-hybridized carbons (Fsp3) is 0.588. The number of methoxy groups -OCH3 is 1. The van der Waals surface area contributed by atoms with Crippen molar-refractivity contribution in [1.82, 2.24) is 10.2 Å². The fourth-order valence-electron chi connectivity index (χ4n) is 3.59. The van der Waals surface area contributed by atoms with Gasteiger partial charge in [-0.25, -0.2) is 0 Å². The van der Waals surface area contributed by atoms with E-state index in [0.717, 1.165) is 31.8 Å². The van der Waals surface area contributed by atoms with Crippen molar-refractivity contribution in [3.05, 3.63) is 29.8 Å². The average molecular weight is 304 g/mol. The SMILES string of the molecule is CNC(=O)C[C@H]1C[C@H]2CN(Cc3ccccc3OC)C[C@H]2O1. The number of nitrogens with one attached hydrogen (secondary N) is 1. The molecule has 0 radical (unpaired) electrons. The summed E-state index contributed by atoms with van der Waals surface area (Å²) in [6.07, 6.45) is 1.82. The topological polar surface area (TPSA) is 50.8 Å². The Bertz CT molecular complexity index is 520. The van der Waals surface area contributed by atoms with Gasteiger partial charge >= 0.3 is 0 Å². The van der Waals surface area contributed by atoms with E-state index in [9.17, 15) is 4.79 Å². The van der Waals surface area contributed by atoms with Gasteiger partial charge in [-0.1, -0.05) is 18.2 Å². The van der Waals surface area contributed by atoms with Crippen LogP contribution in [0.15, 0.2) is 24.3 Å². The third kappa shape index (κ3) is 3.25. The maximum atomic E-state index is 11.4. The molecule has 0 saturated carbocycles. The summed E-state index contributed by atoms with van der Waals surface area (Å²) in [5.74, 6) is 1.55. The van der Waals surface area contributed by atoms with Crippen molar-refractivity contribution in [2.24, 2.45) is 5.92 Å². The first-order chi connectivity index (χ1) is 10.7. The molecule has 1 N–H and O–H groups in total. The Morgan fingerprint density at radius 3 is 2.95 bits per heavy atom. The zero-order valence-electron chi connectivity index (χ0n) is 13.2. The molecule has 2 heterocycles. The van der Waals surface area contributed by atoms with Crippen LogP contribution in [0.2, 0.25) is 0 Å². The fourth-order valence-corrected chi connectivity index (χ4v) is 3.59. The molecule has 2 aliphatic heterocycles. The van der Waals surface area contributed by atoms with Gasteiger partial charge in [-0.15, -0.1) is 0 Å². The van der Waals surface area contributed by atoms with Gasteiger partial charge in [-0.3, -0.25) is 9.69 Å². The molecule has 1 aromatic rings. The summed E-state index contributed by atoms with van der Waals surface area (Å²) in [5.41, 5.74) is 1.21. The van der Waals surface area contributed by atoms with Crippen LogP contribution < -0.4 is 10.1 Å². The maximum absolute atomic E-state index is 11.4. The number of para-hydroxylation sites is 1. The van der Waals surface area contributed by atoms with E-state index in [1.54, 1.807) is 14.2 Å². The summed E-state index contributed by atoms with van der Waals surface area (Å²) in [7, 11) is 3.39. The number of amides is 1. The predicted molar refractivity (Wildman–Crippen MR) is 83.7 cm³/mol. The highest BCUT2D eigenvalue weighted by Crippen LogP contribution is 2.35. The lowest BCUT2D eigenvalue weighted by atomic mass is 10.0. The molecule has 5 heteroatoms. The molecule has 120 valence electrons. The number of benzene rings is 1. The van der Waals surface area contributed by atoms with Crippen LogP contribution in [-0.4, -0.2) is 50.3 Å². The largest absolute Gasteiger partial charge is 0.496 e. The van der Waals surface area contributed by atoms with Crippen LogP contribution in [0, 0.1) is 5.92 Å². The number of fused-ring (bicyclic) bond motifs is 1. The highest BCUT2D eigenvalue weighted by molar-refractivity contribution is 5.76. The highest BCUT2D eigenvalue weighted by Gasteiger charge is 2.42. The minimum atomic E-state index is 0.0656. The first-order valence-corrected chi connectivity index (χ1v) is 7.90. The molecule has 0 unspecified atom stereocenters. The Morgan fingerprint density at radius 1 is 1.41 bits per heavy atom. The number of nitrogens with zero attached hydrogens (tertiary/aromatic N) is 1. The van der Waals surface area contributed by atoms with Crippen LogP contribution in [0.4, 0.5) is 0 Å². The lowest BCUT2D eigenvalue weighted by molar-refractivity contribution is -0.123. The number of hydrogen-bond donors (Lipinski definition) is 1. The van der Waals surface area contributed by atoms with Crippen molar-refractivity contribution in [2.75, 3.05) is 27.2 Å². The molecule has 0 spiro atoms. The second-order valence-electron chi connectivity index (χ2n) is 6.18. The van der Waals surface area contributed by atoms with Gasteiger partial charge < -0.3 is 14.8 Å². The molecule has 3 atom stereocenters. The van der Waals surface area contributed by atoms with E-state index in [0.29, 0.717) is 12.3 Å². The van der Waals surface area contributed by atoms with Crippen LogP contribution in [-0.2, 0) is 16.1 Å². The number of hydrogen-bond acceptors (Lipinski definition) is 4. The minimum absolute atomic E-state index is 0.0656. The first kappa shape index (κ1) is 15.3. The van der Waals surface area contributed by atoms with Crippen molar-refractivity contribution in [2.45, 2.75) is 31.6 Å². The van der Waals surface area contributed by atoms with Gasteiger partial charge in [0.25, 0.3) is 0 Å². The van der Waals surface area contributed by atoms with Gasteiger partial charge in [-0.05, 0) is 12.5 Å². The number of carbonyl (C=O) groups is 1. The van der Waals surface area contributed by atoms with Crippen LogP contribution in [0.25, 0.3) is 0 Å². The number of rotatable bonds is 5. The summed E-state index contributed by atoms with van der Waals surface area (Å²) < 4.78 is 11.5. The Hall–Kier alpha value is -1.59. The smallest absolute Gasteiger partial charge is 0.222 e. The quantitative estimate of drug-likeness (QED) is 0.894. The molecule has 0 aliphatic carbocycles. The number of carbonyl (C=O) groups excluding carboxylic acids is 1. The third-order valence-corrected chi connectivity index (χ3v) is 4.67. The lowest BCUT2D eigenvalue weighted by Gasteiger charge is -2.20. The molecule has 22 heavy (non-hydrogen) atoms. The zero-order valence-corrected chi connectivity index (χ0v) is 13.2. The van der Waals surface area contributed by atoms with E-state index in [1.165, 1.54) is 5.56 Å². The molecule has 0 bridgehead atoms. The van der Waals surface area contributed by atoms with Crippen molar-refractivity contribution in [3.63, 3.8) is 0 Å². The summed E-state index contributed by atoms with van der Waals surface area (Å²) >= 11 is 0. The second-order valence-corrected chi connectivity index (χ2v) is 6.18. The summed E-state index contributed by atoms with van der Waals surface area (Å²) in [6.45, 7) is 2.86. The van der Waals surface area contributed by atoms with Gasteiger partial charge in [0.2, 0.25) is 5.91 Å². The molecule has 2 saturated heterocycles. The van der Waals surface area contributed by atoms with Crippen LogP contribution >= 0.6 is 0 Å². The van der Waals surface area contributed by atoms with Crippen molar-refractivity contribution in [1.29, 1.82) is 0 Å². The molecule has 2 aliphatic rings. The third-order valence-electron chi connectivity index (χ3n) is 4.67. The Balaban J connectivity index is 1.54. The maximum Gasteiger partial charge on any atom is 0.222 e. The highest BCUT2D eigenvalue weighted by atomic mass is 16.5. The van der Waals surface area contributed by atoms with Crippen molar-refractivity contribution in [3.8, 4) is 5.75 Å². The molecule has 3 rings (SSSR count). The van der Waals surface area contributed by atoms with E-state index >= 15 is 0 Å². The molecule has 2 fully saturated rings. The molecule has 1 amide bonds. The van der Waals surface area contributed by atoms with Gasteiger partial charge in [-0.2, -0.15) is 0 Å². The van der Waals surface area contributed by atoms with Crippen LogP contribution in [0.1, 0.15) is 18.4 Å². The Morgan fingerprint density at radius 2 is 2.23 bits per heavy atom. The number of likely N-dealkylation sites (tertiary alicyclic amines) is 1. The molecular formula is C17H24N2O3. The standard InChI is InChI=1S/C17H24N2O3/c1-18-17(20)8-14-7-13-10-19(11-16(13)22-14)9-12-5-3-4-6-15(12)21-2/h3-6,13-14,16H,7-11H2,1-2H3,(H,18,20)/t13-,14+,16+/m0/s1. The minimum Gasteiger partial charge on any atom is -0.496 e. The van der Waals surface area contributed by atoms with Crippen LogP contribution in [0.3, 0.4) is 0 Å². The zero-order chi connectivity index (χ0) is 15.5. The summed E-state index contributed by atoms with van der Waals surface area (Å²) in [5, 5.41) is 2.67. The predicted octanol–water partition coefficient (Wildman–Crippen LogP) is 1.42. The Labute approximate surface area is 131 Å². The van der Waals surface area contributed by atoms with Crippen LogP contribution in [0.5, 0.6) is 5.75 Å². The van der Waals surface area contributed by atoms with Crippen molar-refractivity contribution >= 4 is 5.91 Å². The Kier molecular flexibility index (Phi) is 4.64. The van der Waals surface area contributed by atoms with E-state index in [1.807, 2.05) is 18.2 Å². The lowest BCUT2D eigenvalue weighted by Crippen LogP contribution is -2.28. The first-order valence-electron chi connectivity index (χ1n) is 7.90. The molecule has 5 nitrogen and oxygen atoms in total. The van der Waals surface area contributed by atoms with E-state index < -0.39 is 0 Å². The molecule has 1 aromatic carbocycles. The van der Waals surface area contributed by atoms with E-state index in [4.69, 9.17) is 9.47 Å². The summed E-state index contributed by atoms with van der Waals surface area (Å²) in [6, 6.07) is 8.16. The summed E-state index contributed by atoms with van der Waals surface area (Å²) in [4.78, 5) is 13.9. The van der Waals surface area contributed by atoms with E-state index in [-0.39, 0.29) is 18.1 Å². The second kappa shape index (κ2) is 6.67. The molecule has 0 aromatic heterocycles. The van der Waals surface area contributed by atoms with E-state index in [2.05, 4.69) is 16.3 Å².